The third-order valence-electron chi connectivity index (χ3n) is 1.38. The van der Waals surface area contributed by atoms with Crippen LogP contribution in [0.5, 0.6) is 0 Å². The molecule has 0 aliphatic carbocycles. The highest BCUT2D eigenvalue weighted by atomic mass is 79.9. The van der Waals surface area contributed by atoms with Gasteiger partial charge in [-0.1, -0.05) is 11.6 Å². The molecule has 1 amide bonds. The summed E-state index contributed by atoms with van der Waals surface area (Å²) in [5, 5.41) is 0.0291. The number of halogens is 2. The molecule has 0 spiro atoms. The van der Waals surface area contributed by atoms with E-state index in [-0.39, 0.29) is 15.2 Å². The maximum atomic E-state index is 11.2. The van der Waals surface area contributed by atoms with Crippen LogP contribution in [-0.4, -0.2) is 10.6 Å². The van der Waals surface area contributed by atoms with Crippen molar-refractivity contribution < 1.29 is 4.79 Å². The topological polar surface area (TPSA) is 91.1 Å². The Morgan fingerprint density at radius 2 is 2.15 bits per heavy atom. The Morgan fingerprint density at radius 1 is 1.62 bits per heavy atom. The van der Waals surface area contributed by atoms with Crippen LogP contribution in [0.4, 0.5) is 0 Å². The SMILES string of the molecule is NC(=O)c1c(Cl)cc(Br)c(=O)n1N. The summed E-state index contributed by atoms with van der Waals surface area (Å²) in [5.41, 5.74) is 4.17. The van der Waals surface area contributed by atoms with Crippen molar-refractivity contribution in [2.75, 3.05) is 5.84 Å². The molecule has 0 radical (unpaired) electrons. The standard InChI is InChI=1S/C6H5BrClN3O2/c7-2-1-3(8)4(5(9)12)11(10)6(2)13/h1H,10H2,(H2,9,12). The normalized spacial score (nSPS) is 10.0. The molecule has 0 unspecified atom stereocenters. The molecule has 5 nitrogen and oxygen atoms in total. The Labute approximate surface area is 86.4 Å². The molecule has 1 aromatic rings. The lowest BCUT2D eigenvalue weighted by molar-refractivity contribution is 0.0992. The van der Waals surface area contributed by atoms with Gasteiger partial charge in [0.2, 0.25) is 0 Å². The van der Waals surface area contributed by atoms with Crippen LogP contribution in [0.2, 0.25) is 5.02 Å². The Morgan fingerprint density at radius 3 is 2.62 bits per heavy atom. The first-order valence-corrected chi connectivity index (χ1v) is 4.28. The maximum Gasteiger partial charge on any atom is 0.283 e. The Hall–Kier alpha value is -1.01. The molecule has 0 saturated carbocycles. The molecule has 1 rings (SSSR count). The van der Waals surface area contributed by atoms with Gasteiger partial charge in [-0.2, -0.15) is 0 Å². The zero-order valence-corrected chi connectivity index (χ0v) is 8.59. The number of nitrogens with two attached hydrogens (primary N) is 2. The zero-order valence-electron chi connectivity index (χ0n) is 6.25. The van der Waals surface area contributed by atoms with Crippen molar-refractivity contribution in [2.24, 2.45) is 5.73 Å². The van der Waals surface area contributed by atoms with Gasteiger partial charge in [0.05, 0.1) is 9.50 Å². The smallest absolute Gasteiger partial charge is 0.283 e. The second-order valence-corrected chi connectivity index (χ2v) is 3.49. The minimum Gasteiger partial charge on any atom is -0.364 e. The van der Waals surface area contributed by atoms with Crippen LogP contribution < -0.4 is 17.1 Å². The maximum absolute atomic E-state index is 11.2. The predicted octanol–water partition coefficient (Wildman–Crippen LogP) is 0.0769. The van der Waals surface area contributed by atoms with E-state index < -0.39 is 11.5 Å². The van der Waals surface area contributed by atoms with E-state index in [0.717, 1.165) is 0 Å². The second-order valence-electron chi connectivity index (χ2n) is 2.23. The largest absolute Gasteiger partial charge is 0.364 e. The van der Waals surface area contributed by atoms with Gasteiger partial charge in [-0.3, -0.25) is 9.59 Å². The van der Waals surface area contributed by atoms with Crippen molar-refractivity contribution >= 4 is 33.4 Å². The first-order chi connectivity index (χ1) is 5.95. The Kier molecular flexibility index (Phi) is 2.63. The van der Waals surface area contributed by atoms with Crippen LogP contribution in [0.25, 0.3) is 0 Å². The van der Waals surface area contributed by atoms with Crippen molar-refractivity contribution in [1.82, 2.24) is 4.68 Å². The van der Waals surface area contributed by atoms with E-state index in [1.54, 1.807) is 0 Å². The third-order valence-corrected chi connectivity index (χ3v) is 2.23. The molecule has 0 aromatic carbocycles. The average molecular weight is 266 g/mol. The number of hydrogen-bond donors (Lipinski definition) is 2. The molecule has 1 aromatic heterocycles. The Bertz CT molecular complexity index is 429. The summed E-state index contributed by atoms with van der Waals surface area (Å²) < 4.78 is 0.777. The van der Waals surface area contributed by atoms with Crippen LogP contribution in [0.1, 0.15) is 10.5 Å². The second kappa shape index (κ2) is 3.39. The lowest BCUT2D eigenvalue weighted by atomic mass is 10.3. The number of hydrogen-bond acceptors (Lipinski definition) is 3. The molecule has 13 heavy (non-hydrogen) atoms. The van der Waals surface area contributed by atoms with Gasteiger partial charge in [-0.05, 0) is 22.0 Å². The highest BCUT2D eigenvalue weighted by Gasteiger charge is 2.14. The number of carbonyl (C=O) groups excluding carboxylic acids is 1. The minimum absolute atomic E-state index is 0.0291. The summed E-state index contributed by atoms with van der Waals surface area (Å²) in [4.78, 5) is 22.0. The van der Waals surface area contributed by atoms with Crippen molar-refractivity contribution in [3.8, 4) is 0 Å². The van der Waals surface area contributed by atoms with E-state index in [0.29, 0.717) is 4.68 Å². The van der Waals surface area contributed by atoms with Gasteiger partial charge in [-0.25, -0.2) is 4.68 Å². The summed E-state index contributed by atoms with van der Waals surface area (Å²) in [6, 6.07) is 1.27. The molecule has 0 atom stereocenters. The molecule has 70 valence electrons. The number of nitrogen functional groups attached to an aromatic ring is 1. The molecule has 0 aliphatic heterocycles. The number of aromatic nitrogens is 1. The number of pyridine rings is 1. The van der Waals surface area contributed by atoms with Crippen LogP contribution in [0.15, 0.2) is 15.3 Å². The van der Waals surface area contributed by atoms with Gasteiger partial charge in [-0.15, -0.1) is 0 Å². The average Bonchev–Trinajstić information content (AvgIpc) is 1.99. The van der Waals surface area contributed by atoms with Gasteiger partial charge in [0, 0.05) is 0 Å². The molecule has 0 fully saturated rings. The van der Waals surface area contributed by atoms with Crippen LogP contribution >= 0.6 is 27.5 Å². The predicted molar refractivity (Wildman–Crippen MR) is 52.1 cm³/mol. The molecule has 0 saturated heterocycles. The molecule has 4 N–H and O–H groups in total. The first kappa shape index (κ1) is 10.1. The first-order valence-electron chi connectivity index (χ1n) is 3.11. The summed E-state index contributed by atoms with van der Waals surface area (Å²) >= 11 is 8.56. The number of amides is 1. The summed E-state index contributed by atoms with van der Waals surface area (Å²) in [6.45, 7) is 0. The van der Waals surface area contributed by atoms with E-state index in [2.05, 4.69) is 15.9 Å². The quantitative estimate of drug-likeness (QED) is 0.705. The number of primary amides is 1. The lowest BCUT2D eigenvalue weighted by Crippen LogP contribution is -2.35. The molecule has 0 bridgehead atoms. The van der Waals surface area contributed by atoms with E-state index in [4.69, 9.17) is 23.2 Å². The van der Waals surface area contributed by atoms with Crippen LogP contribution in [0, 0.1) is 0 Å². The minimum atomic E-state index is -0.850. The van der Waals surface area contributed by atoms with Gasteiger partial charge >= 0.3 is 0 Å². The zero-order chi connectivity index (χ0) is 10.2. The van der Waals surface area contributed by atoms with E-state index >= 15 is 0 Å². The number of nitrogens with zero attached hydrogens (tertiary/aromatic N) is 1. The number of carbonyl (C=O) groups is 1. The highest BCUT2D eigenvalue weighted by Crippen LogP contribution is 2.16. The van der Waals surface area contributed by atoms with Gasteiger partial charge in [0.25, 0.3) is 11.5 Å². The van der Waals surface area contributed by atoms with Gasteiger partial charge < -0.3 is 11.6 Å². The molecular formula is C6H5BrClN3O2. The fraction of sp³-hybridized carbons (Fsp3) is 0. The van der Waals surface area contributed by atoms with Crippen molar-refractivity contribution in [3.05, 3.63) is 31.6 Å². The van der Waals surface area contributed by atoms with E-state index in [9.17, 15) is 9.59 Å². The molecule has 1 heterocycles. The Balaban J connectivity index is 3.63. The van der Waals surface area contributed by atoms with Gasteiger partial charge in [0.1, 0.15) is 5.69 Å². The summed E-state index contributed by atoms with van der Waals surface area (Å²) in [7, 11) is 0. The van der Waals surface area contributed by atoms with Crippen molar-refractivity contribution in [3.63, 3.8) is 0 Å². The summed E-state index contributed by atoms with van der Waals surface area (Å²) in [6.07, 6.45) is 0. The fourth-order valence-electron chi connectivity index (χ4n) is 0.809. The van der Waals surface area contributed by atoms with Crippen molar-refractivity contribution in [1.29, 1.82) is 0 Å². The lowest BCUT2D eigenvalue weighted by Gasteiger charge is -2.06. The number of rotatable bonds is 1. The highest BCUT2D eigenvalue weighted by molar-refractivity contribution is 9.10. The third kappa shape index (κ3) is 1.68. The molecule has 0 aliphatic rings. The molecule has 7 heteroatoms. The fourth-order valence-corrected chi connectivity index (χ4v) is 1.65. The summed E-state index contributed by atoms with van der Waals surface area (Å²) in [5.74, 6) is 4.42. The van der Waals surface area contributed by atoms with Crippen molar-refractivity contribution in [2.45, 2.75) is 0 Å². The molecular weight excluding hydrogens is 261 g/mol. The van der Waals surface area contributed by atoms with Crippen LogP contribution in [-0.2, 0) is 0 Å². The van der Waals surface area contributed by atoms with Gasteiger partial charge in [0.15, 0.2) is 0 Å². The van der Waals surface area contributed by atoms with E-state index in [1.807, 2.05) is 0 Å². The van der Waals surface area contributed by atoms with E-state index in [1.165, 1.54) is 6.07 Å². The monoisotopic (exact) mass is 265 g/mol. The van der Waals surface area contributed by atoms with Crippen LogP contribution in [0.3, 0.4) is 0 Å².